The molecule has 0 radical (unpaired) electrons. The molecule has 1 aliphatic rings. The molecule has 0 heterocycles. The Hall–Kier alpha value is 0. The highest BCUT2D eigenvalue weighted by Gasteiger charge is 2.07. The molecule has 1 fully saturated rings. The standard InChI is InChI=1S/C6H12.H2/c1-6-4-2-3-5-6;/h6H,2-5H2,1H3;1H. The minimum Gasteiger partial charge on any atom is -0.0625 e. The summed E-state index contributed by atoms with van der Waals surface area (Å²) >= 11 is 0. The van der Waals surface area contributed by atoms with Gasteiger partial charge >= 0.3 is 0 Å². The number of hydrogen-bond donors (Lipinski definition) is 0. The van der Waals surface area contributed by atoms with Crippen LogP contribution in [0.5, 0.6) is 0 Å². The Morgan fingerprint density at radius 2 is 1.83 bits per heavy atom. The van der Waals surface area contributed by atoms with Crippen LogP contribution in [0.15, 0.2) is 0 Å². The van der Waals surface area contributed by atoms with Crippen molar-refractivity contribution >= 4 is 0 Å². The van der Waals surface area contributed by atoms with Gasteiger partial charge in [-0.05, 0) is 5.92 Å². The van der Waals surface area contributed by atoms with Crippen LogP contribution in [-0.4, -0.2) is 0 Å². The Morgan fingerprint density at radius 3 is 2.00 bits per heavy atom. The quantitative estimate of drug-likeness (QED) is 0.424. The van der Waals surface area contributed by atoms with Crippen LogP contribution in [0.4, 0.5) is 0 Å². The SMILES string of the molecule is CC1CCCC1.[HH]. The molecule has 1 rings (SSSR count). The minimum atomic E-state index is 0. The third-order valence-corrected chi connectivity index (χ3v) is 1.64. The maximum absolute atomic E-state index is 2.34. The summed E-state index contributed by atoms with van der Waals surface area (Å²) in [5.41, 5.74) is 0. The molecule has 0 unspecified atom stereocenters. The van der Waals surface area contributed by atoms with Crippen LogP contribution < -0.4 is 0 Å². The molecule has 0 saturated heterocycles. The maximum atomic E-state index is 2.34. The number of rotatable bonds is 0. The van der Waals surface area contributed by atoms with Gasteiger partial charge < -0.3 is 0 Å². The van der Waals surface area contributed by atoms with Crippen molar-refractivity contribution in [1.29, 1.82) is 0 Å². The summed E-state index contributed by atoms with van der Waals surface area (Å²) in [4.78, 5) is 0. The first-order valence-corrected chi connectivity index (χ1v) is 2.89. The van der Waals surface area contributed by atoms with Crippen molar-refractivity contribution in [3.05, 3.63) is 0 Å². The van der Waals surface area contributed by atoms with Gasteiger partial charge in [-0.25, -0.2) is 0 Å². The van der Waals surface area contributed by atoms with Crippen molar-refractivity contribution in [2.75, 3.05) is 0 Å². The summed E-state index contributed by atoms with van der Waals surface area (Å²) in [6.07, 6.45) is 5.95. The van der Waals surface area contributed by atoms with Crippen molar-refractivity contribution in [1.82, 2.24) is 0 Å². The van der Waals surface area contributed by atoms with E-state index in [1.54, 1.807) is 0 Å². The fourth-order valence-corrected chi connectivity index (χ4v) is 1.13. The van der Waals surface area contributed by atoms with Gasteiger partial charge in [-0.15, -0.1) is 0 Å². The van der Waals surface area contributed by atoms with Crippen LogP contribution in [0, 0.1) is 5.92 Å². The average molecular weight is 86.2 g/mol. The van der Waals surface area contributed by atoms with Gasteiger partial charge in [0.25, 0.3) is 0 Å². The summed E-state index contributed by atoms with van der Waals surface area (Å²) in [6.45, 7) is 2.34. The van der Waals surface area contributed by atoms with Crippen molar-refractivity contribution in [3.8, 4) is 0 Å². The summed E-state index contributed by atoms with van der Waals surface area (Å²) in [6, 6.07) is 0. The molecule has 0 heteroatoms. The summed E-state index contributed by atoms with van der Waals surface area (Å²) in [5.74, 6) is 1.05. The first kappa shape index (κ1) is 4.17. The normalized spacial score (nSPS) is 25.5. The number of hydrogen-bond acceptors (Lipinski definition) is 0. The first-order chi connectivity index (χ1) is 2.89. The summed E-state index contributed by atoms with van der Waals surface area (Å²) in [7, 11) is 0. The Bertz CT molecular complexity index is 37.4. The predicted octanol–water partition coefficient (Wildman–Crippen LogP) is 2.44. The topological polar surface area (TPSA) is 0 Å². The van der Waals surface area contributed by atoms with E-state index in [4.69, 9.17) is 0 Å². The first-order valence-electron chi connectivity index (χ1n) is 2.89. The Kier molecular flexibility index (Phi) is 1.13. The lowest BCUT2D eigenvalue weighted by atomic mass is 10.2. The van der Waals surface area contributed by atoms with E-state index >= 15 is 0 Å². The molecular formula is C6H14. The molecule has 0 aromatic rings. The molecule has 0 bridgehead atoms. The molecule has 0 atom stereocenters. The molecule has 0 N–H and O–H groups in total. The molecule has 0 nitrogen and oxygen atoms in total. The lowest BCUT2D eigenvalue weighted by molar-refractivity contribution is 0.612. The van der Waals surface area contributed by atoms with E-state index in [0.717, 1.165) is 5.92 Å². The van der Waals surface area contributed by atoms with E-state index < -0.39 is 0 Å². The molecule has 0 spiro atoms. The van der Waals surface area contributed by atoms with Crippen molar-refractivity contribution in [2.24, 2.45) is 5.92 Å². The molecule has 0 aromatic heterocycles. The lowest BCUT2D eigenvalue weighted by Gasteiger charge is -1.91. The third kappa shape index (κ3) is 0.735. The highest BCUT2D eigenvalue weighted by Crippen LogP contribution is 2.22. The van der Waals surface area contributed by atoms with Gasteiger partial charge in [0.2, 0.25) is 0 Å². The second kappa shape index (κ2) is 1.63. The Labute approximate surface area is 41.0 Å². The van der Waals surface area contributed by atoms with Crippen LogP contribution in [0.1, 0.15) is 34.0 Å². The highest BCUT2D eigenvalue weighted by molar-refractivity contribution is 4.60. The van der Waals surface area contributed by atoms with E-state index in [2.05, 4.69) is 6.92 Å². The molecule has 0 aliphatic heterocycles. The molecule has 1 aliphatic carbocycles. The van der Waals surface area contributed by atoms with Gasteiger partial charge in [0.05, 0.1) is 0 Å². The lowest BCUT2D eigenvalue weighted by Crippen LogP contribution is -1.78. The van der Waals surface area contributed by atoms with Gasteiger partial charge in [0.15, 0.2) is 0 Å². The summed E-state index contributed by atoms with van der Waals surface area (Å²) in [5, 5.41) is 0. The second-order valence-electron chi connectivity index (χ2n) is 2.39. The summed E-state index contributed by atoms with van der Waals surface area (Å²) < 4.78 is 0. The molecule has 0 aromatic carbocycles. The third-order valence-electron chi connectivity index (χ3n) is 1.64. The molecule has 38 valence electrons. The van der Waals surface area contributed by atoms with Crippen molar-refractivity contribution in [2.45, 2.75) is 32.6 Å². The predicted molar refractivity (Wildman–Crippen MR) is 29.7 cm³/mol. The van der Waals surface area contributed by atoms with E-state index in [-0.39, 0.29) is 1.43 Å². The zero-order chi connectivity index (χ0) is 4.41. The van der Waals surface area contributed by atoms with Gasteiger partial charge in [-0.3, -0.25) is 0 Å². The van der Waals surface area contributed by atoms with Gasteiger partial charge in [0.1, 0.15) is 0 Å². The molecule has 6 heavy (non-hydrogen) atoms. The van der Waals surface area contributed by atoms with E-state index in [0.29, 0.717) is 0 Å². The van der Waals surface area contributed by atoms with E-state index in [1.807, 2.05) is 0 Å². The largest absolute Gasteiger partial charge is 0.0625 e. The highest BCUT2D eigenvalue weighted by atomic mass is 14.1. The van der Waals surface area contributed by atoms with Gasteiger partial charge in [-0.1, -0.05) is 32.6 Å². The minimum absolute atomic E-state index is 0. The molecule has 0 amide bonds. The fourth-order valence-electron chi connectivity index (χ4n) is 1.13. The zero-order valence-electron chi connectivity index (χ0n) is 4.41. The van der Waals surface area contributed by atoms with Crippen LogP contribution in [0.25, 0.3) is 0 Å². The van der Waals surface area contributed by atoms with E-state index in [1.165, 1.54) is 25.7 Å². The van der Waals surface area contributed by atoms with Crippen molar-refractivity contribution < 1.29 is 1.43 Å². The maximum Gasteiger partial charge on any atom is 0 e. The van der Waals surface area contributed by atoms with Crippen LogP contribution >= 0.6 is 0 Å². The van der Waals surface area contributed by atoms with Crippen LogP contribution in [0.3, 0.4) is 0 Å². The zero-order valence-corrected chi connectivity index (χ0v) is 4.41. The monoisotopic (exact) mass is 86.1 g/mol. The molecule has 1 saturated carbocycles. The van der Waals surface area contributed by atoms with Crippen molar-refractivity contribution in [3.63, 3.8) is 0 Å². The van der Waals surface area contributed by atoms with Gasteiger partial charge in [0, 0.05) is 1.43 Å². The average Bonchev–Trinajstić information content (AvgIpc) is 1.86. The van der Waals surface area contributed by atoms with Gasteiger partial charge in [-0.2, -0.15) is 0 Å². The fraction of sp³-hybridized carbons (Fsp3) is 1.00. The van der Waals surface area contributed by atoms with Crippen LogP contribution in [0.2, 0.25) is 0 Å². The smallest absolute Gasteiger partial charge is 0 e. The van der Waals surface area contributed by atoms with Crippen LogP contribution in [-0.2, 0) is 0 Å². The second-order valence-corrected chi connectivity index (χ2v) is 2.39. The van der Waals surface area contributed by atoms with E-state index in [9.17, 15) is 0 Å². The Balaban J connectivity index is 0.000000360. The molecular weight excluding hydrogens is 72.1 g/mol. The Morgan fingerprint density at radius 1 is 1.33 bits per heavy atom.